The predicted octanol–water partition coefficient (Wildman–Crippen LogP) is 2.61. The number of aryl methyl sites for hydroxylation is 2. The Morgan fingerprint density at radius 1 is 1.14 bits per heavy atom. The highest BCUT2D eigenvalue weighted by Gasteiger charge is 2.25. The van der Waals surface area contributed by atoms with Crippen LogP contribution in [0.1, 0.15) is 21.7 Å². The number of amides is 1. The first-order valence-electron chi connectivity index (χ1n) is 8.54. The normalized spacial score (nSPS) is 14.1. The standard InChI is InChI=1S/C18H19F3N4O3/c1-9-15(10(2)23-18(22-9)25-4-6-28-7-5-25)24-17(26)11-8-12(19)14(21)16(27-3)13(11)20/h8H,4-7H2,1-3H3,(H,24,26). The van der Waals surface area contributed by atoms with Gasteiger partial charge in [-0.25, -0.2) is 18.7 Å². The molecule has 0 atom stereocenters. The molecule has 0 aliphatic carbocycles. The van der Waals surface area contributed by atoms with Crippen LogP contribution in [0.4, 0.5) is 24.8 Å². The van der Waals surface area contributed by atoms with Crippen LogP contribution in [0.5, 0.6) is 5.75 Å². The smallest absolute Gasteiger partial charge is 0.258 e. The molecule has 0 spiro atoms. The highest BCUT2D eigenvalue weighted by atomic mass is 19.2. The van der Waals surface area contributed by atoms with Crippen molar-refractivity contribution < 1.29 is 27.4 Å². The fourth-order valence-electron chi connectivity index (χ4n) is 2.89. The van der Waals surface area contributed by atoms with E-state index < -0.39 is 34.7 Å². The first-order valence-corrected chi connectivity index (χ1v) is 8.54. The Hall–Kier alpha value is -2.88. The van der Waals surface area contributed by atoms with Crippen molar-refractivity contribution >= 4 is 17.5 Å². The SMILES string of the molecule is COc1c(F)c(F)cc(C(=O)Nc2c(C)nc(N3CCOCC3)nc2C)c1F. The van der Waals surface area contributed by atoms with Gasteiger partial charge in [-0.1, -0.05) is 0 Å². The molecule has 0 unspecified atom stereocenters. The second kappa shape index (κ2) is 8.01. The summed E-state index contributed by atoms with van der Waals surface area (Å²) in [5.41, 5.74) is 0.492. The van der Waals surface area contributed by atoms with Crippen LogP contribution in [0.2, 0.25) is 0 Å². The summed E-state index contributed by atoms with van der Waals surface area (Å²) in [7, 11) is 0.981. The number of carbonyl (C=O) groups is 1. The van der Waals surface area contributed by atoms with Crippen molar-refractivity contribution in [2.24, 2.45) is 0 Å². The lowest BCUT2D eigenvalue weighted by molar-refractivity contribution is 0.102. The number of benzene rings is 1. The number of morpholine rings is 1. The molecule has 1 aromatic heterocycles. The van der Waals surface area contributed by atoms with Crippen molar-refractivity contribution in [3.63, 3.8) is 0 Å². The van der Waals surface area contributed by atoms with E-state index in [0.29, 0.717) is 49.7 Å². The van der Waals surface area contributed by atoms with Crippen molar-refractivity contribution in [2.45, 2.75) is 13.8 Å². The van der Waals surface area contributed by atoms with Crippen LogP contribution in [0, 0.1) is 31.3 Å². The molecular weight excluding hydrogens is 377 g/mol. The van der Waals surface area contributed by atoms with Crippen molar-refractivity contribution in [3.05, 3.63) is 40.5 Å². The van der Waals surface area contributed by atoms with E-state index in [2.05, 4.69) is 20.0 Å². The second-order valence-electron chi connectivity index (χ2n) is 6.19. The van der Waals surface area contributed by atoms with Gasteiger partial charge in [0.25, 0.3) is 5.91 Å². The van der Waals surface area contributed by atoms with Crippen molar-refractivity contribution in [1.29, 1.82) is 0 Å². The lowest BCUT2D eigenvalue weighted by Gasteiger charge is -2.27. The molecule has 1 aromatic carbocycles. The molecule has 1 fully saturated rings. The Kier molecular flexibility index (Phi) is 5.68. The molecule has 1 aliphatic heterocycles. The van der Waals surface area contributed by atoms with Crippen LogP contribution in [-0.4, -0.2) is 49.3 Å². The summed E-state index contributed by atoms with van der Waals surface area (Å²) in [5.74, 6) is -5.61. The van der Waals surface area contributed by atoms with Gasteiger partial charge in [-0.3, -0.25) is 4.79 Å². The maximum absolute atomic E-state index is 14.3. The van der Waals surface area contributed by atoms with E-state index in [9.17, 15) is 18.0 Å². The number of anilines is 2. The molecule has 150 valence electrons. The van der Waals surface area contributed by atoms with Gasteiger partial charge in [-0.05, 0) is 19.9 Å². The summed E-state index contributed by atoms with van der Waals surface area (Å²) in [6.45, 7) is 5.75. The van der Waals surface area contributed by atoms with Gasteiger partial charge in [0.05, 0.1) is 43.0 Å². The molecule has 0 bridgehead atoms. The molecule has 7 nitrogen and oxygen atoms in total. The fourth-order valence-corrected chi connectivity index (χ4v) is 2.89. The van der Waals surface area contributed by atoms with E-state index in [0.717, 1.165) is 7.11 Å². The number of carbonyl (C=O) groups excluding carboxylic acids is 1. The third-order valence-electron chi connectivity index (χ3n) is 4.36. The Balaban J connectivity index is 1.90. The van der Waals surface area contributed by atoms with Gasteiger partial charge in [0.15, 0.2) is 17.4 Å². The maximum atomic E-state index is 14.3. The van der Waals surface area contributed by atoms with E-state index in [1.165, 1.54) is 0 Å². The number of ether oxygens (including phenoxy) is 2. The third-order valence-corrected chi connectivity index (χ3v) is 4.36. The molecule has 10 heteroatoms. The second-order valence-corrected chi connectivity index (χ2v) is 6.19. The summed E-state index contributed by atoms with van der Waals surface area (Å²) in [4.78, 5) is 23.2. The number of halogens is 3. The molecule has 1 aliphatic rings. The Morgan fingerprint density at radius 3 is 2.32 bits per heavy atom. The minimum Gasteiger partial charge on any atom is -0.491 e. The van der Waals surface area contributed by atoms with Gasteiger partial charge in [-0.15, -0.1) is 0 Å². The maximum Gasteiger partial charge on any atom is 0.258 e. The third kappa shape index (κ3) is 3.72. The Morgan fingerprint density at radius 2 is 1.75 bits per heavy atom. The molecular formula is C18H19F3N4O3. The average molecular weight is 396 g/mol. The van der Waals surface area contributed by atoms with Gasteiger partial charge in [-0.2, -0.15) is 4.39 Å². The Labute approximate surface area is 159 Å². The molecule has 0 saturated carbocycles. The van der Waals surface area contributed by atoms with Crippen LogP contribution in [-0.2, 0) is 4.74 Å². The predicted molar refractivity (Wildman–Crippen MR) is 95.4 cm³/mol. The van der Waals surface area contributed by atoms with E-state index >= 15 is 0 Å². The van der Waals surface area contributed by atoms with Crippen LogP contribution < -0.4 is 15.0 Å². The van der Waals surface area contributed by atoms with Crippen molar-refractivity contribution in [1.82, 2.24) is 9.97 Å². The molecule has 28 heavy (non-hydrogen) atoms. The number of hydrogen-bond donors (Lipinski definition) is 1. The van der Waals surface area contributed by atoms with E-state index in [4.69, 9.17) is 4.74 Å². The lowest BCUT2D eigenvalue weighted by atomic mass is 10.1. The summed E-state index contributed by atoms with van der Waals surface area (Å²) in [6, 6.07) is 0.482. The average Bonchev–Trinajstić information content (AvgIpc) is 2.68. The van der Waals surface area contributed by atoms with Gasteiger partial charge in [0, 0.05) is 13.1 Å². The topological polar surface area (TPSA) is 76.6 Å². The molecule has 1 saturated heterocycles. The highest BCUT2D eigenvalue weighted by molar-refractivity contribution is 6.05. The molecule has 0 radical (unpaired) electrons. The summed E-state index contributed by atoms with van der Waals surface area (Å²) < 4.78 is 51.4. The minimum atomic E-state index is -1.50. The van der Waals surface area contributed by atoms with E-state index in [1.807, 2.05) is 4.90 Å². The first-order chi connectivity index (χ1) is 13.3. The van der Waals surface area contributed by atoms with Crippen LogP contribution in [0.3, 0.4) is 0 Å². The molecule has 2 heterocycles. The fraction of sp³-hybridized carbons (Fsp3) is 0.389. The van der Waals surface area contributed by atoms with Crippen LogP contribution in [0.25, 0.3) is 0 Å². The zero-order valence-electron chi connectivity index (χ0n) is 15.6. The number of aromatic nitrogens is 2. The highest BCUT2D eigenvalue weighted by Crippen LogP contribution is 2.28. The van der Waals surface area contributed by atoms with Gasteiger partial charge in [0.2, 0.25) is 11.8 Å². The Bertz CT molecular complexity index is 894. The molecule has 2 aromatic rings. The summed E-state index contributed by atoms with van der Waals surface area (Å²) in [6.07, 6.45) is 0. The number of hydrogen-bond acceptors (Lipinski definition) is 6. The van der Waals surface area contributed by atoms with Gasteiger partial charge < -0.3 is 19.7 Å². The van der Waals surface area contributed by atoms with E-state index in [-0.39, 0.29) is 5.69 Å². The number of methoxy groups -OCH3 is 1. The monoisotopic (exact) mass is 396 g/mol. The zero-order chi connectivity index (χ0) is 20.4. The summed E-state index contributed by atoms with van der Waals surface area (Å²) >= 11 is 0. The minimum absolute atomic E-state index is 0.269. The van der Waals surface area contributed by atoms with Gasteiger partial charge >= 0.3 is 0 Å². The van der Waals surface area contributed by atoms with Crippen LogP contribution in [0.15, 0.2) is 6.07 Å². The molecule has 3 rings (SSSR count). The largest absolute Gasteiger partial charge is 0.491 e. The number of nitrogens with one attached hydrogen (secondary N) is 1. The number of nitrogens with zero attached hydrogens (tertiary/aromatic N) is 3. The van der Waals surface area contributed by atoms with Crippen molar-refractivity contribution in [3.8, 4) is 5.75 Å². The molecule has 1 N–H and O–H groups in total. The first kappa shape index (κ1) is 19.9. The zero-order valence-corrected chi connectivity index (χ0v) is 15.6. The van der Waals surface area contributed by atoms with Crippen LogP contribution >= 0.6 is 0 Å². The van der Waals surface area contributed by atoms with E-state index in [1.54, 1.807) is 13.8 Å². The molecule has 1 amide bonds. The van der Waals surface area contributed by atoms with Crippen molar-refractivity contribution in [2.75, 3.05) is 43.6 Å². The summed E-state index contributed by atoms with van der Waals surface area (Å²) in [5, 5.41) is 2.47. The quantitative estimate of drug-likeness (QED) is 0.801. The lowest BCUT2D eigenvalue weighted by Crippen LogP contribution is -2.37. The van der Waals surface area contributed by atoms with Gasteiger partial charge in [0.1, 0.15) is 0 Å². The number of rotatable bonds is 4.